The number of ether oxygens (including phenoxy) is 1. The number of nitrogens with zero attached hydrogens (tertiary/aromatic N) is 4. The Morgan fingerprint density at radius 3 is 2.66 bits per heavy atom. The van der Waals surface area contributed by atoms with Gasteiger partial charge in [0.2, 0.25) is 23.2 Å². The van der Waals surface area contributed by atoms with Gasteiger partial charge in [0.15, 0.2) is 11.5 Å². The molecule has 0 N–H and O–H groups in total. The van der Waals surface area contributed by atoms with Gasteiger partial charge >= 0.3 is 0 Å². The van der Waals surface area contributed by atoms with E-state index >= 15 is 0 Å². The molecule has 1 aliphatic heterocycles. The Morgan fingerprint density at radius 2 is 1.89 bits per heavy atom. The fourth-order valence-corrected chi connectivity index (χ4v) is 4.72. The molecule has 2 aromatic heterocycles. The Bertz CT molecular complexity index is 1360. The molecule has 7 nitrogen and oxygen atoms in total. The number of hydrogen-bond acceptors (Lipinski definition) is 7. The average Bonchev–Trinajstić information content (AvgIpc) is 3.29. The molecule has 0 fully saturated rings. The molecule has 3 heterocycles. The lowest BCUT2D eigenvalue weighted by Gasteiger charge is -2.28. The summed E-state index contributed by atoms with van der Waals surface area (Å²) in [5, 5.41) is 9.22. The summed E-state index contributed by atoms with van der Waals surface area (Å²) in [5.41, 5.74) is 2.47. The Hall–Kier alpha value is -3.72. The average molecular weight is 491 g/mol. The molecule has 0 radical (unpaired) electrons. The molecule has 1 aliphatic rings. The number of benzene rings is 2. The number of rotatable bonds is 6. The summed E-state index contributed by atoms with van der Waals surface area (Å²) in [6, 6.07) is 16.9. The number of carbonyl (C=O) groups is 1. The van der Waals surface area contributed by atoms with E-state index in [9.17, 15) is 9.18 Å². The topological polar surface area (TPSA) is 81.3 Å². The summed E-state index contributed by atoms with van der Waals surface area (Å²) in [6.07, 6.45) is 1.18. The molecule has 0 aliphatic carbocycles. The number of para-hydroxylation sites is 1. The van der Waals surface area contributed by atoms with Gasteiger partial charge in [-0.15, -0.1) is 10.2 Å². The second-order valence-electron chi connectivity index (χ2n) is 8.04. The highest BCUT2D eigenvalue weighted by Gasteiger charge is 2.36. The largest absolute Gasteiger partial charge is 0.455 e. The minimum Gasteiger partial charge on any atom is -0.455 e. The summed E-state index contributed by atoms with van der Waals surface area (Å²) >= 11 is 1.51. The molecule has 1 atom stereocenters. The standard InChI is InChI=1S/C26H23FN4O3S/c1-3-4-15-35-26-28-24-23(29-30-26)19-7-5-6-8-20(19)31(16(2)32)25(34-24)22-14-13-21(33-22)17-9-11-18(27)12-10-17/h5-14,25H,3-4,15H2,1-2H3/t25-/m1/s1. The first kappa shape index (κ1) is 23.0. The van der Waals surface area contributed by atoms with Gasteiger partial charge in [0.25, 0.3) is 0 Å². The van der Waals surface area contributed by atoms with E-state index in [-0.39, 0.29) is 17.6 Å². The van der Waals surface area contributed by atoms with Crippen LogP contribution in [0, 0.1) is 5.82 Å². The minimum absolute atomic E-state index is 0.236. The van der Waals surface area contributed by atoms with Crippen LogP contribution in [0.2, 0.25) is 0 Å². The molecule has 1 amide bonds. The van der Waals surface area contributed by atoms with Crippen molar-refractivity contribution in [3.63, 3.8) is 0 Å². The smallest absolute Gasteiger partial charge is 0.247 e. The van der Waals surface area contributed by atoms with Crippen LogP contribution >= 0.6 is 11.8 Å². The highest BCUT2D eigenvalue weighted by atomic mass is 32.2. The van der Waals surface area contributed by atoms with E-state index in [1.165, 1.54) is 35.7 Å². The van der Waals surface area contributed by atoms with Crippen LogP contribution in [0.3, 0.4) is 0 Å². The quantitative estimate of drug-likeness (QED) is 0.233. The van der Waals surface area contributed by atoms with E-state index in [4.69, 9.17) is 9.15 Å². The highest BCUT2D eigenvalue weighted by molar-refractivity contribution is 7.99. The fraction of sp³-hybridized carbons (Fsp3) is 0.231. The SMILES string of the molecule is CCCCSc1nnc2c(n1)O[C@H](c1ccc(-c3ccc(F)cc3)o1)N(C(C)=O)c1ccccc1-2. The zero-order valence-electron chi connectivity index (χ0n) is 19.3. The summed E-state index contributed by atoms with van der Waals surface area (Å²) in [6.45, 7) is 3.60. The molecule has 2 aromatic carbocycles. The zero-order chi connectivity index (χ0) is 24.4. The molecule has 0 saturated carbocycles. The van der Waals surface area contributed by atoms with E-state index in [0.717, 1.165) is 18.6 Å². The van der Waals surface area contributed by atoms with Crippen molar-refractivity contribution in [3.8, 4) is 28.5 Å². The van der Waals surface area contributed by atoms with E-state index in [2.05, 4.69) is 22.1 Å². The van der Waals surface area contributed by atoms with Gasteiger partial charge in [0, 0.05) is 23.8 Å². The molecule has 4 aromatic rings. The van der Waals surface area contributed by atoms with Crippen LogP contribution in [0.4, 0.5) is 10.1 Å². The van der Waals surface area contributed by atoms with Crippen LogP contribution in [0.5, 0.6) is 5.88 Å². The van der Waals surface area contributed by atoms with Crippen molar-refractivity contribution >= 4 is 23.4 Å². The van der Waals surface area contributed by atoms with Crippen LogP contribution in [0.25, 0.3) is 22.6 Å². The molecule has 0 unspecified atom stereocenters. The summed E-state index contributed by atoms with van der Waals surface area (Å²) in [5.74, 6) is 1.52. The number of unbranched alkanes of at least 4 members (excludes halogenated alkanes) is 1. The van der Waals surface area contributed by atoms with Gasteiger partial charge in [-0.05, 0) is 48.9 Å². The van der Waals surface area contributed by atoms with E-state index in [1.807, 2.05) is 24.3 Å². The lowest BCUT2D eigenvalue weighted by atomic mass is 10.1. The molecule has 9 heteroatoms. The second kappa shape index (κ2) is 9.87. The normalized spacial score (nSPS) is 14.6. The van der Waals surface area contributed by atoms with Crippen LogP contribution in [-0.2, 0) is 4.79 Å². The first-order valence-corrected chi connectivity index (χ1v) is 12.3. The van der Waals surface area contributed by atoms with Crippen LogP contribution in [0.1, 0.15) is 38.7 Å². The maximum Gasteiger partial charge on any atom is 0.247 e. The summed E-state index contributed by atoms with van der Waals surface area (Å²) < 4.78 is 25.8. The van der Waals surface area contributed by atoms with E-state index in [1.54, 1.807) is 24.3 Å². The van der Waals surface area contributed by atoms with Crippen LogP contribution in [0.15, 0.2) is 70.2 Å². The molecule has 178 valence electrons. The molecule has 35 heavy (non-hydrogen) atoms. The number of furan rings is 1. The number of aromatic nitrogens is 3. The fourth-order valence-electron chi connectivity index (χ4n) is 3.86. The molecule has 5 rings (SSSR count). The van der Waals surface area contributed by atoms with Crippen LogP contribution in [-0.4, -0.2) is 26.8 Å². The number of amides is 1. The second-order valence-corrected chi connectivity index (χ2v) is 9.10. The first-order chi connectivity index (χ1) is 17.0. The van der Waals surface area contributed by atoms with Crippen molar-refractivity contribution in [1.29, 1.82) is 0 Å². The van der Waals surface area contributed by atoms with Gasteiger partial charge in [-0.3, -0.25) is 9.69 Å². The predicted molar refractivity (Wildman–Crippen MR) is 132 cm³/mol. The van der Waals surface area contributed by atoms with Crippen molar-refractivity contribution in [3.05, 3.63) is 72.2 Å². The van der Waals surface area contributed by atoms with Crippen molar-refractivity contribution in [2.24, 2.45) is 0 Å². The van der Waals surface area contributed by atoms with Gasteiger partial charge in [-0.25, -0.2) is 4.39 Å². The number of fused-ring (bicyclic) bond motifs is 3. The number of carbonyl (C=O) groups excluding carboxylic acids is 1. The molecular weight excluding hydrogens is 467 g/mol. The molecule has 0 saturated heterocycles. The maximum atomic E-state index is 13.4. The Labute approximate surface area is 206 Å². The number of anilines is 1. The number of thioether (sulfide) groups is 1. The van der Waals surface area contributed by atoms with Crippen molar-refractivity contribution in [2.45, 2.75) is 38.1 Å². The van der Waals surface area contributed by atoms with Crippen molar-refractivity contribution < 1.29 is 18.3 Å². The van der Waals surface area contributed by atoms with Crippen molar-refractivity contribution in [2.75, 3.05) is 10.7 Å². The van der Waals surface area contributed by atoms with Gasteiger partial charge < -0.3 is 9.15 Å². The predicted octanol–water partition coefficient (Wildman–Crippen LogP) is 6.27. The molecule has 0 spiro atoms. The molecule has 0 bridgehead atoms. The monoisotopic (exact) mass is 490 g/mol. The Kier molecular flexibility index (Phi) is 6.50. The zero-order valence-corrected chi connectivity index (χ0v) is 20.1. The number of hydrogen-bond donors (Lipinski definition) is 0. The third kappa shape index (κ3) is 4.64. The van der Waals surface area contributed by atoms with Gasteiger partial charge in [-0.1, -0.05) is 43.3 Å². The van der Waals surface area contributed by atoms with Gasteiger partial charge in [0.1, 0.15) is 11.6 Å². The van der Waals surface area contributed by atoms with Gasteiger partial charge in [-0.2, -0.15) is 4.98 Å². The minimum atomic E-state index is -0.922. The molecular formula is C26H23FN4O3S. The lowest BCUT2D eigenvalue weighted by molar-refractivity contribution is -0.118. The third-order valence-electron chi connectivity index (χ3n) is 5.58. The van der Waals surface area contributed by atoms with E-state index < -0.39 is 6.23 Å². The Morgan fingerprint density at radius 1 is 1.09 bits per heavy atom. The number of halogens is 1. The summed E-state index contributed by atoms with van der Waals surface area (Å²) in [7, 11) is 0. The third-order valence-corrected chi connectivity index (χ3v) is 6.50. The Balaban J connectivity index is 1.59. The van der Waals surface area contributed by atoms with Gasteiger partial charge in [0.05, 0.1) is 5.69 Å². The lowest BCUT2D eigenvalue weighted by Crippen LogP contribution is -2.35. The van der Waals surface area contributed by atoms with E-state index in [0.29, 0.717) is 39.2 Å². The summed E-state index contributed by atoms with van der Waals surface area (Å²) in [4.78, 5) is 19.1. The highest BCUT2D eigenvalue weighted by Crippen LogP contribution is 2.44. The van der Waals surface area contributed by atoms with Crippen molar-refractivity contribution in [1.82, 2.24) is 15.2 Å². The first-order valence-electron chi connectivity index (χ1n) is 11.3. The van der Waals surface area contributed by atoms with Crippen LogP contribution < -0.4 is 9.64 Å². The maximum absolute atomic E-state index is 13.4.